The van der Waals surface area contributed by atoms with Crippen LogP contribution >= 0.6 is 0 Å². The van der Waals surface area contributed by atoms with Gasteiger partial charge >= 0.3 is 6.03 Å². The summed E-state index contributed by atoms with van der Waals surface area (Å²) in [6.45, 7) is 0.656. The van der Waals surface area contributed by atoms with Gasteiger partial charge in [-0.25, -0.2) is 4.79 Å². The van der Waals surface area contributed by atoms with Gasteiger partial charge in [-0.3, -0.25) is 4.79 Å². The Kier molecular flexibility index (Phi) is 5.77. The highest BCUT2D eigenvalue weighted by molar-refractivity contribution is 5.90. The van der Waals surface area contributed by atoms with E-state index >= 15 is 0 Å². The Bertz CT molecular complexity index is 533. The largest absolute Gasteiger partial charge is 0.394 e. The summed E-state index contributed by atoms with van der Waals surface area (Å²) in [5, 5.41) is 14.8. The number of aliphatic hydroxyl groups is 1. The molecule has 1 fully saturated rings. The first-order valence-corrected chi connectivity index (χ1v) is 7.62. The van der Waals surface area contributed by atoms with Crippen LogP contribution in [0.4, 0.5) is 10.5 Å². The standard InChI is InChI=1S/C16H23N3O3/c1-17-15(21)9-8-12-5-2-3-7-14(12)18-16(22)19-10-4-6-13(19)11-20/h2-3,5,7,13,20H,4,6,8-11H2,1H3,(H,17,21)(H,18,22). The summed E-state index contributed by atoms with van der Waals surface area (Å²) in [5.41, 5.74) is 1.65. The van der Waals surface area contributed by atoms with Crippen LogP contribution in [0.15, 0.2) is 24.3 Å². The van der Waals surface area contributed by atoms with Gasteiger partial charge in [0.25, 0.3) is 0 Å². The third kappa shape index (κ3) is 3.98. The molecule has 6 nitrogen and oxygen atoms in total. The van der Waals surface area contributed by atoms with Crippen LogP contribution in [0.25, 0.3) is 0 Å². The van der Waals surface area contributed by atoms with E-state index in [1.807, 2.05) is 24.3 Å². The van der Waals surface area contributed by atoms with Crippen molar-refractivity contribution in [3.8, 4) is 0 Å². The lowest BCUT2D eigenvalue weighted by Gasteiger charge is -2.24. The highest BCUT2D eigenvalue weighted by Crippen LogP contribution is 2.21. The van der Waals surface area contributed by atoms with Crippen molar-refractivity contribution in [3.63, 3.8) is 0 Å². The molecule has 6 heteroatoms. The Morgan fingerprint density at radius 2 is 2.14 bits per heavy atom. The molecule has 0 bridgehead atoms. The topological polar surface area (TPSA) is 81.7 Å². The molecular weight excluding hydrogens is 282 g/mol. The van der Waals surface area contributed by atoms with E-state index in [4.69, 9.17) is 0 Å². The number of urea groups is 1. The lowest BCUT2D eigenvalue weighted by Crippen LogP contribution is -2.40. The van der Waals surface area contributed by atoms with E-state index in [-0.39, 0.29) is 24.6 Å². The second kappa shape index (κ2) is 7.79. The first kappa shape index (κ1) is 16.3. The Hall–Kier alpha value is -2.08. The highest BCUT2D eigenvalue weighted by Gasteiger charge is 2.28. The molecule has 1 aliphatic heterocycles. The van der Waals surface area contributed by atoms with Crippen molar-refractivity contribution in [1.82, 2.24) is 10.2 Å². The summed E-state index contributed by atoms with van der Waals surface area (Å²) in [7, 11) is 1.61. The fourth-order valence-corrected chi connectivity index (χ4v) is 2.71. The van der Waals surface area contributed by atoms with E-state index in [0.29, 0.717) is 19.4 Å². The predicted octanol–water partition coefficient (Wildman–Crippen LogP) is 1.35. The summed E-state index contributed by atoms with van der Waals surface area (Å²) in [4.78, 5) is 25.4. The lowest BCUT2D eigenvalue weighted by atomic mass is 10.1. The molecule has 1 aromatic carbocycles. The minimum atomic E-state index is -0.191. The van der Waals surface area contributed by atoms with Crippen LogP contribution in [0.5, 0.6) is 0 Å². The average Bonchev–Trinajstić information content (AvgIpc) is 3.02. The molecule has 0 aromatic heterocycles. The second-order valence-electron chi connectivity index (χ2n) is 5.43. The average molecular weight is 305 g/mol. The van der Waals surface area contributed by atoms with Crippen molar-refractivity contribution in [2.75, 3.05) is 25.5 Å². The van der Waals surface area contributed by atoms with Crippen molar-refractivity contribution >= 4 is 17.6 Å². The van der Waals surface area contributed by atoms with Crippen molar-refractivity contribution in [2.45, 2.75) is 31.7 Å². The number of carbonyl (C=O) groups excluding carboxylic acids is 2. The summed E-state index contributed by atoms with van der Waals surface area (Å²) < 4.78 is 0. The number of hydrogen-bond acceptors (Lipinski definition) is 3. The number of likely N-dealkylation sites (tertiary alicyclic amines) is 1. The summed E-state index contributed by atoms with van der Waals surface area (Å²) in [6, 6.07) is 7.20. The van der Waals surface area contributed by atoms with Crippen LogP contribution in [-0.4, -0.2) is 48.2 Å². The smallest absolute Gasteiger partial charge is 0.322 e. The van der Waals surface area contributed by atoms with Gasteiger partial charge in [0.05, 0.1) is 12.6 Å². The van der Waals surface area contributed by atoms with Gasteiger partial charge in [0.2, 0.25) is 5.91 Å². The molecule has 1 saturated heterocycles. The maximum Gasteiger partial charge on any atom is 0.322 e. The first-order chi connectivity index (χ1) is 10.7. The third-order valence-electron chi connectivity index (χ3n) is 4.01. The van der Waals surface area contributed by atoms with E-state index in [1.165, 1.54) is 0 Å². The van der Waals surface area contributed by atoms with Crippen LogP contribution in [0, 0.1) is 0 Å². The molecule has 120 valence electrons. The zero-order valence-corrected chi connectivity index (χ0v) is 12.8. The van der Waals surface area contributed by atoms with E-state index in [9.17, 15) is 14.7 Å². The number of amides is 3. The summed E-state index contributed by atoms with van der Waals surface area (Å²) in [5.74, 6) is -0.0268. The molecule has 22 heavy (non-hydrogen) atoms. The summed E-state index contributed by atoms with van der Waals surface area (Å²) >= 11 is 0. The molecule has 0 aliphatic carbocycles. The number of carbonyl (C=O) groups is 2. The van der Waals surface area contributed by atoms with Crippen molar-refractivity contribution < 1.29 is 14.7 Å². The molecule has 1 aliphatic rings. The minimum Gasteiger partial charge on any atom is -0.394 e. The van der Waals surface area contributed by atoms with Crippen LogP contribution in [0.1, 0.15) is 24.8 Å². The van der Waals surface area contributed by atoms with E-state index < -0.39 is 0 Å². The van der Waals surface area contributed by atoms with Crippen LogP contribution < -0.4 is 10.6 Å². The number of hydrogen-bond donors (Lipinski definition) is 3. The SMILES string of the molecule is CNC(=O)CCc1ccccc1NC(=O)N1CCCC1CO. The van der Waals surface area contributed by atoms with Crippen molar-refractivity contribution in [1.29, 1.82) is 0 Å². The van der Waals surface area contributed by atoms with Crippen molar-refractivity contribution in [3.05, 3.63) is 29.8 Å². The molecule has 3 N–H and O–H groups in total. The zero-order valence-electron chi connectivity index (χ0n) is 12.8. The number of nitrogens with zero attached hydrogens (tertiary/aromatic N) is 1. The fourth-order valence-electron chi connectivity index (χ4n) is 2.71. The van der Waals surface area contributed by atoms with Gasteiger partial charge in [-0.1, -0.05) is 18.2 Å². The van der Waals surface area contributed by atoms with Gasteiger partial charge in [-0.2, -0.15) is 0 Å². The molecule has 0 spiro atoms. The molecule has 2 rings (SSSR count). The molecule has 1 aromatic rings. The minimum absolute atomic E-state index is 0.00820. The number of aliphatic hydroxyl groups excluding tert-OH is 1. The molecule has 1 heterocycles. The van der Waals surface area contributed by atoms with Gasteiger partial charge in [0, 0.05) is 25.7 Å². The maximum absolute atomic E-state index is 12.4. The normalized spacial score (nSPS) is 17.4. The number of rotatable bonds is 5. The molecule has 1 unspecified atom stereocenters. The van der Waals surface area contributed by atoms with Crippen LogP contribution in [0.2, 0.25) is 0 Å². The Labute approximate surface area is 130 Å². The zero-order chi connectivity index (χ0) is 15.9. The number of aryl methyl sites for hydroxylation is 1. The van der Waals surface area contributed by atoms with Crippen LogP contribution in [0.3, 0.4) is 0 Å². The van der Waals surface area contributed by atoms with E-state index in [2.05, 4.69) is 10.6 Å². The number of para-hydroxylation sites is 1. The van der Waals surface area contributed by atoms with Gasteiger partial charge < -0.3 is 20.6 Å². The molecular formula is C16H23N3O3. The molecule has 1 atom stereocenters. The summed E-state index contributed by atoms with van der Waals surface area (Å²) in [6.07, 6.45) is 2.70. The van der Waals surface area contributed by atoms with Gasteiger partial charge in [-0.05, 0) is 30.9 Å². The van der Waals surface area contributed by atoms with Crippen LogP contribution in [-0.2, 0) is 11.2 Å². The number of anilines is 1. The van der Waals surface area contributed by atoms with E-state index in [1.54, 1.807) is 11.9 Å². The highest BCUT2D eigenvalue weighted by atomic mass is 16.3. The van der Waals surface area contributed by atoms with Crippen molar-refractivity contribution in [2.24, 2.45) is 0 Å². The lowest BCUT2D eigenvalue weighted by molar-refractivity contribution is -0.120. The second-order valence-corrected chi connectivity index (χ2v) is 5.43. The molecule has 0 saturated carbocycles. The third-order valence-corrected chi connectivity index (χ3v) is 4.01. The quantitative estimate of drug-likeness (QED) is 0.768. The monoisotopic (exact) mass is 305 g/mol. The molecule has 3 amide bonds. The number of benzene rings is 1. The number of nitrogens with one attached hydrogen (secondary N) is 2. The Morgan fingerprint density at radius 1 is 1.36 bits per heavy atom. The van der Waals surface area contributed by atoms with Gasteiger partial charge in [0.1, 0.15) is 0 Å². The Morgan fingerprint density at radius 3 is 2.86 bits per heavy atom. The Balaban J connectivity index is 2.02. The first-order valence-electron chi connectivity index (χ1n) is 7.62. The maximum atomic E-state index is 12.4. The van der Waals surface area contributed by atoms with Gasteiger partial charge in [-0.15, -0.1) is 0 Å². The predicted molar refractivity (Wildman–Crippen MR) is 84.7 cm³/mol. The molecule has 0 radical (unpaired) electrons. The fraction of sp³-hybridized carbons (Fsp3) is 0.500. The van der Waals surface area contributed by atoms with E-state index in [0.717, 1.165) is 24.1 Å². The van der Waals surface area contributed by atoms with Gasteiger partial charge in [0.15, 0.2) is 0 Å².